The Labute approximate surface area is 190 Å². The molecule has 0 saturated carbocycles. The number of esters is 1. The van der Waals surface area contributed by atoms with Gasteiger partial charge in [-0.05, 0) is 41.7 Å². The SMILES string of the molecule is COC(=O)c1c(NC(=O)CCSc2c(=O)o[nH][n+]2C)sc(C(=O)Nc2ccccc2)c1C. The van der Waals surface area contributed by atoms with Crippen LogP contribution in [0.15, 0.2) is 44.7 Å². The fourth-order valence-corrected chi connectivity index (χ4v) is 4.77. The summed E-state index contributed by atoms with van der Waals surface area (Å²) in [5.41, 5.74) is 0.634. The lowest BCUT2D eigenvalue weighted by Gasteiger charge is -2.05. The van der Waals surface area contributed by atoms with E-state index in [0.29, 0.717) is 22.0 Å². The maximum atomic E-state index is 12.8. The summed E-state index contributed by atoms with van der Waals surface area (Å²) in [5.74, 6) is -1.12. The van der Waals surface area contributed by atoms with Crippen molar-refractivity contribution in [2.75, 3.05) is 23.5 Å². The molecule has 0 aliphatic heterocycles. The van der Waals surface area contributed by atoms with Crippen molar-refractivity contribution >= 4 is 51.6 Å². The van der Waals surface area contributed by atoms with Gasteiger partial charge in [-0.3, -0.25) is 14.1 Å². The maximum absolute atomic E-state index is 12.8. The minimum absolute atomic E-state index is 0.0678. The molecule has 12 heteroatoms. The van der Waals surface area contributed by atoms with Gasteiger partial charge in [-0.1, -0.05) is 22.9 Å². The second kappa shape index (κ2) is 10.3. The minimum Gasteiger partial charge on any atom is -0.465 e. The Balaban J connectivity index is 1.73. The smallest absolute Gasteiger partial charge is 0.441 e. The zero-order valence-electron chi connectivity index (χ0n) is 17.5. The van der Waals surface area contributed by atoms with E-state index in [-0.39, 0.29) is 27.8 Å². The number of methoxy groups -OCH3 is 1. The number of carbonyl (C=O) groups excluding carboxylic acids is 3. The number of benzene rings is 1. The molecule has 0 bridgehead atoms. The fourth-order valence-electron chi connectivity index (χ4n) is 2.79. The van der Waals surface area contributed by atoms with Gasteiger partial charge in [0.25, 0.3) is 5.91 Å². The Morgan fingerprint density at radius 2 is 1.94 bits per heavy atom. The number of aryl methyl sites for hydroxylation is 1. The van der Waals surface area contributed by atoms with Gasteiger partial charge in [-0.25, -0.2) is 9.59 Å². The van der Waals surface area contributed by atoms with Crippen LogP contribution in [-0.2, 0) is 16.6 Å². The van der Waals surface area contributed by atoms with E-state index >= 15 is 0 Å². The molecule has 0 fully saturated rings. The number of hydrogen-bond donors (Lipinski definition) is 3. The van der Waals surface area contributed by atoms with E-state index in [0.717, 1.165) is 23.1 Å². The van der Waals surface area contributed by atoms with Crippen LogP contribution in [0.25, 0.3) is 0 Å². The third-order valence-electron chi connectivity index (χ3n) is 4.35. The van der Waals surface area contributed by atoms with Crippen LogP contribution in [0.4, 0.5) is 10.7 Å². The number of nitrogens with zero attached hydrogens (tertiary/aromatic N) is 1. The Morgan fingerprint density at radius 1 is 1.22 bits per heavy atom. The van der Waals surface area contributed by atoms with Crippen molar-refractivity contribution in [1.82, 2.24) is 5.27 Å². The van der Waals surface area contributed by atoms with Gasteiger partial charge >= 0.3 is 16.6 Å². The average molecular weight is 478 g/mol. The lowest BCUT2D eigenvalue weighted by atomic mass is 10.1. The van der Waals surface area contributed by atoms with Crippen molar-refractivity contribution in [2.24, 2.45) is 7.05 Å². The molecule has 3 N–H and O–H groups in total. The van der Waals surface area contributed by atoms with Crippen LogP contribution < -0.4 is 20.9 Å². The first kappa shape index (κ1) is 23.3. The number of thioether (sulfide) groups is 1. The lowest BCUT2D eigenvalue weighted by molar-refractivity contribution is -0.772. The van der Waals surface area contributed by atoms with Gasteiger partial charge in [0.1, 0.15) is 5.00 Å². The number of aromatic amines is 1. The van der Waals surface area contributed by atoms with Crippen molar-refractivity contribution in [3.63, 3.8) is 0 Å². The summed E-state index contributed by atoms with van der Waals surface area (Å²) in [6.07, 6.45) is 0.0678. The van der Waals surface area contributed by atoms with Crippen LogP contribution >= 0.6 is 23.1 Å². The number of thiophene rings is 1. The zero-order valence-corrected chi connectivity index (χ0v) is 19.1. The molecule has 0 unspecified atom stereocenters. The molecule has 3 aromatic rings. The predicted octanol–water partition coefficient (Wildman–Crippen LogP) is 2.32. The van der Waals surface area contributed by atoms with Crippen LogP contribution in [0.2, 0.25) is 0 Å². The number of hydrogen-bond acceptors (Lipinski definition) is 8. The van der Waals surface area contributed by atoms with Gasteiger partial charge in [-0.15, -0.1) is 11.3 Å². The fraction of sp³-hybridized carbons (Fsp3) is 0.250. The Kier molecular flexibility index (Phi) is 7.49. The van der Waals surface area contributed by atoms with E-state index in [9.17, 15) is 19.2 Å². The Morgan fingerprint density at radius 3 is 2.56 bits per heavy atom. The average Bonchev–Trinajstić information content (AvgIpc) is 3.27. The van der Waals surface area contributed by atoms with Gasteiger partial charge in [0.2, 0.25) is 5.91 Å². The van der Waals surface area contributed by atoms with Crippen molar-refractivity contribution in [3.8, 4) is 0 Å². The van der Waals surface area contributed by atoms with Crippen molar-refractivity contribution < 1.29 is 28.3 Å². The number of nitrogens with one attached hydrogen (secondary N) is 3. The summed E-state index contributed by atoms with van der Waals surface area (Å²) >= 11 is 2.16. The summed E-state index contributed by atoms with van der Waals surface area (Å²) in [7, 11) is 2.85. The largest absolute Gasteiger partial charge is 0.465 e. The molecule has 1 aromatic carbocycles. The van der Waals surface area contributed by atoms with Gasteiger partial charge in [0.05, 0.1) is 17.6 Å². The molecule has 0 saturated heterocycles. The highest BCUT2D eigenvalue weighted by molar-refractivity contribution is 7.99. The quantitative estimate of drug-likeness (QED) is 0.257. The number of amides is 2. The summed E-state index contributed by atoms with van der Waals surface area (Å²) in [5, 5.41) is 8.42. The number of rotatable bonds is 8. The second-order valence-electron chi connectivity index (χ2n) is 6.56. The highest BCUT2D eigenvalue weighted by atomic mass is 32.2. The second-order valence-corrected chi connectivity index (χ2v) is 8.67. The van der Waals surface area contributed by atoms with E-state index in [2.05, 4.69) is 20.4 Å². The molecular formula is C20H21N4O6S2+. The minimum atomic E-state index is -0.654. The lowest BCUT2D eigenvalue weighted by Crippen LogP contribution is -2.33. The Hall–Kier alpha value is -3.38. The van der Waals surface area contributed by atoms with Crippen molar-refractivity contribution in [1.29, 1.82) is 0 Å². The van der Waals surface area contributed by atoms with Crippen LogP contribution in [0.5, 0.6) is 0 Å². The first-order chi connectivity index (χ1) is 15.3. The molecule has 2 aromatic heterocycles. The molecule has 32 heavy (non-hydrogen) atoms. The van der Waals surface area contributed by atoms with Gasteiger partial charge in [-0.2, -0.15) is 0 Å². The van der Waals surface area contributed by atoms with Crippen molar-refractivity contribution in [3.05, 3.63) is 56.8 Å². The molecule has 3 rings (SSSR count). The van der Waals surface area contributed by atoms with Crippen LogP contribution in [0, 0.1) is 6.92 Å². The molecule has 2 amide bonds. The van der Waals surface area contributed by atoms with E-state index in [4.69, 9.17) is 4.74 Å². The molecule has 10 nitrogen and oxygen atoms in total. The molecule has 0 aliphatic carbocycles. The summed E-state index contributed by atoms with van der Waals surface area (Å²) in [6.45, 7) is 1.62. The normalized spacial score (nSPS) is 10.6. The van der Waals surface area contributed by atoms with Gasteiger partial charge < -0.3 is 15.4 Å². The van der Waals surface area contributed by atoms with E-state index < -0.39 is 17.5 Å². The maximum Gasteiger partial charge on any atom is 0.441 e. The summed E-state index contributed by atoms with van der Waals surface area (Å²) in [6, 6.07) is 8.90. The summed E-state index contributed by atoms with van der Waals surface area (Å²) in [4.78, 5) is 49.4. The van der Waals surface area contributed by atoms with Crippen LogP contribution in [0.1, 0.15) is 32.0 Å². The third kappa shape index (κ3) is 5.26. The zero-order chi connectivity index (χ0) is 23.3. The van der Waals surface area contributed by atoms with Gasteiger partial charge in [0, 0.05) is 17.9 Å². The monoisotopic (exact) mass is 477 g/mol. The number of anilines is 2. The molecule has 168 valence electrons. The molecule has 0 spiro atoms. The summed E-state index contributed by atoms with van der Waals surface area (Å²) < 4.78 is 10.9. The van der Waals surface area contributed by atoms with E-state index in [1.165, 1.54) is 11.8 Å². The molecular weight excluding hydrogens is 456 g/mol. The molecule has 0 radical (unpaired) electrons. The van der Waals surface area contributed by atoms with Crippen LogP contribution in [-0.4, -0.2) is 35.9 Å². The highest BCUT2D eigenvalue weighted by Gasteiger charge is 2.26. The predicted molar refractivity (Wildman–Crippen MR) is 119 cm³/mol. The molecule has 0 atom stereocenters. The first-order valence-corrected chi connectivity index (χ1v) is 11.2. The van der Waals surface area contributed by atoms with E-state index in [1.54, 1.807) is 38.2 Å². The Bertz CT molecular complexity index is 1200. The molecule has 0 aliphatic rings. The third-order valence-corrected chi connectivity index (χ3v) is 6.68. The molecule has 2 heterocycles. The number of aromatic nitrogens is 2. The number of para-hydroxylation sites is 1. The first-order valence-electron chi connectivity index (χ1n) is 9.40. The standard InChI is InChI=1S/C20H20N4O6S2/c1-11-14(19(27)29-3)17(32-15(11)16(26)21-12-7-5-4-6-8-12)22-13(25)9-10-31-18-20(28)30-23-24(18)2/h4-8H,9-10H2,1-3H3,(H2-,21,22,23,25,26,27,28)/p+1. The topological polar surface area (TPSA) is 134 Å². The van der Waals surface area contributed by atoms with Gasteiger partial charge in [0.15, 0.2) is 7.05 Å². The van der Waals surface area contributed by atoms with Crippen LogP contribution in [0.3, 0.4) is 0 Å². The number of ether oxygens (including phenoxy) is 1. The van der Waals surface area contributed by atoms with Crippen molar-refractivity contribution in [2.45, 2.75) is 18.4 Å². The highest BCUT2D eigenvalue weighted by Crippen LogP contribution is 2.34. The number of H-pyrrole nitrogens is 1. The van der Waals surface area contributed by atoms with E-state index in [1.807, 2.05) is 6.07 Å². The number of carbonyl (C=O) groups is 3.